The number of hydrogen-bond acceptors (Lipinski definition) is 2. The van der Waals surface area contributed by atoms with Gasteiger partial charge in [-0.2, -0.15) is 0 Å². The van der Waals surface area contributed by atoms with Gasteiger partial charge < -0.3 is 10.6 Å². The maximum atomic E-state index is 11.0. The lowest BCUT2D eigenvalue weighted by Crippen LogP contribution is -2.24. The number of hydrogen-bond donors (Lipinski definition) is 2. The molecule has 0 fully saturated rings. The molecule has 3 nitrogen and oxygen atoms in total. The Kier molecular flexibility index (Phi) is 3.59. The molecule has 0 amide bonds. The fourth-order valence-corrected chi connectivity index (χ4v) is 1.10. The van der Waals surface area contributed by atoms with Crippen molar-refractivity contribution in [2.24, 2.45) is 0 Å². The maximum Gasteiger partial charge on any atom is 0.170 e. The maximum absolute atomic E-state index is 11.0. The molecule has 0 aliphatic carbocycles. The van der Waals surface area contributed by atoms with Gasteiger partial charge in [-0.3, -0.25) is 4.79 Å². The van der Waals surface area contributed by atoms with Crippen LogP contribution in [0, 0.1) is 0 Å². The molecule has 0 saturated carbocycles. The minimum Gasteiger partial charge on any atom is -0.366 e. The van der Waals surface area contributed by atoms with Gasteiger partial charge in [-0.15, -0.1) is 0 Å². The van der Waals surface area contributed by atoms with Crippen LogP contribution in [-0.2, 0) is 0 Å². The van der Waals surface area contributed by atoms with Crippen LogP contribution in [0.15, 0.2) is 24.3 Å². The molecule has 0 heterocycles. The Morgan fingerprint density at radius 3 is 2.29 bits per heavy atom. The highest BCUT2D eigenvalue weighted by Crippen LogP contribution is 2.09. The molecule has 4 heteroatoms. The van der Waals surface area contributed by atoms with Crippen molar-refractivity contribution in [1.82, 2.24) is 5.32 Å². The molecule has 74 valence electrons. The third-order valence-corrected chi connectivity index (χ3v) is 2.08. The summed E-state index contributed by atoms with van der Waals surface area (Å²) in [5.41, 5.74) is 1.57. The number of anilines is 1. The van der Waals surface area contributed by atoms with Crippen LogP contribution in [0.3, 0.4) is 0 Å². The first kappa shape index (κ1) is 10.7. The van der Waals surface area contributed by atoms with E-state index in [9.17, 15) is 4.79 Å². The van der Waals surface area contributed by atoms with Crippen molar-refractivity contribution in [2.45, 2.75) is 6.92 Å². The molecule has 0 atom stereocenters. The second kappa shape index (κ2) is 4.72. The molecule has 1 aromatic carbocycles. The summed E-state index contributed by atoms with van der Waals surface area (Å²) < 4.78 is 0. The van der Waals surface area contributed by atoms with Crippen LogP contribution in [-0.4, -0.2) is 17.9 Å². The van der Waals surface area contributed by atoms with E-state index in [1.54, 1.807) is 26.1 Å². The van der Waals surface area contributed by atoms with Gasteiger partial charge in [0.2, 0.25) is 0 Å². The lowest BCUT2D eigenvalue weighted by Gasteiger charge is -2.06. The first-order valence-electron chi connectivity index (χ1n) is 4.23. The molecule has 0 unspecified atom stereocenters. The smallest absolute Gasteiger partial charge is 0.170 e. The number of Topliss-reactive ketones (excluding diaryl/α,β-unsaturated/α-hetero) is 1. The molecular formula is C10H12N2OS. The zero-order valence-corrected chi connectivity index (χ0v) is 8.94. The lowest BCUT2D eigenvalue weighted by molar-refractivity contribution is 0.101. The zero-order valence-electron chi connectivity index (χ0n) is 8.13. The Morgan fingerprint density at radius 2 is 1.86 bits per heavy atom. The second-order valence-corrected chi connectivity index (χ2v) is 3.25. The summed E-state index contributed by atoms with van der Waals surface area (Å²) in [7, 11) is 1.75. The van der Waals surface area contributed by atoms with Gasteiger partial charge in [-0.05, 0) is 43.4 Å². The molecule has 0 spiro atoms. The summed E-state index contributed by atoms with van der Waals surface area (Å²) in [5.74, 6) is 0.0627. The van der Waals surface area contributed by atoms with Crippen molar-refractivity contribution in [3.63, 3.8) is 0 Å². The number of ketones is 1. The Balaban J connectivity index is 2.73. The molecule has 1 aromatic rings. The Labute approximate surface area is 88.5 Å². The minimum absolute atomic E-state index is 0.0627. The van der Waals surface area contributed by atoms with E-state index in [-0.39, 0.29) is 5.78 Å². The van der Waals surface area contributed by atoms with Crippen LogP contribution in [0.25, 0.3) is 0 Å². The van der Waals surface area contributed by atoms with Gasteiger partial charge in [-0.1, -0.05) is 0 Å². The van der Waals surface area contributed by atoms with E-state index < -0.39 is 0 Å². The van der Waals surface area contributed by atoms with Gasteiger partial charge in [-0.25, -0.2) is 0 Å². The molecule has 0 aliphatic heterocycles. The van der Waals surface area contributed by atoms with Crippen LogP contribution in [0.1, 0.15) is 17.3 Å². The monoisotopic (exact) mass is 208 g/mol. The molecule has 14 heavy (non-hydrogen) atoms. The molecule has 0 radical (unpaired) electrons. The Hall–Kier alpha value is -1.42. The van der Waals surface area contributed by atoms with Crippen LogP contribution < -0.4 is 10.6 Å². The highest BCUT2D eigenvalue weighted by Gasteiger charge is 1.99. The predicted octanol–water partition coefficient (Wildman–Crippen LogP) is 1.81. The normalized spacial score (nSPS) is 9.29. The van der Waals surface area contributed by atoms with E-state index in [0.717, 1.165) is 5.69 Å². The van der Waals surface area contributed by atoms with Crippen molar-refractivity contribution in [1.29, 1.82) is 0 Å². The van der Waals surface area contributed by atoms with E-state index in [1.807, 2.05) is 12.1 Å². The highest BCUT2D eigenvalue weighted by atomic mass is 32.1. The van der Waals surface area contributed by atoms with E-state index >= 15 is 0 Å². The summed E-state index contributed by atoms with van der Waals surface area (Å²) in [6.07, 6.45) is 0. The van der Waals surface area contributed by atoms with Gasteiger partial charge in [0, 0.05) is 18.3 Å². The summed E-state index contributed by atoms with van der Waals surface area (Å²) in [6, 6.07) is 7.17. The SMILES string of the molecule is CNC(=S)Nc1ccc(C(C)=O)cc1. The number of benzene rings is 1. The Morgan fingerprint density at radius 1 is 1.29 bits per heavy atom. The van der Waals surface area contributed by atoms with Crippen molar-refractivity contribution in [2.75, 3.05) is 12.4 Å². The summed E-state index contributed by atoms with van der Waals surface area (Å²) in [4.78, 5) is 11.0. The van der Waals surface area contributed by atoms with Crippen molar-refractivity contribution >= 4 is 28.8 Å². The third-order valence-electron chi connectivity index (χ3n) is 1.78. The average molecular weight is 208 g/mol. The Bertz CT molecular complexity index is 346. The summed E-state index contributed by atoms with van der Waals surface area (Å²) in [6.45, 7) is 1.54. The largest absolute Gasteiger partial charge is 0.366 e. The van der Waals surface area contributed by atoms with Gasteiger partial charge in [0.1, 0.15) is 0 Å². The predicted molar refractivity (Wildman–Crippen MR) is 61.7 cm³/mol. The topological polar surface area (TPSA) is 41.1 Å². The second-order valence-electron chi connectivity index (χ2n) is 2.84. The number of rotatable bonds is 2. The third kappa shape index (κ3) is 2.81. The first-order valence-corrected chi connectivity index (χ1v) is 4.64. The van der Waals surface area contributed by atoms with Crippen LogP contribution in [0.2, 0.25) is 0 Å². The van der Waals surface area contributed by atoms with Gasteiger partial charge in [0.05, 0.1) is 0 Å². The number of carbonyl (C=O) groups excluding carboxylic acids is 1. The highest BCUT2D eigenvalue weighted by molar-refractivity contribution is 7.80. The van der Waals surface area contributed by atoms with Crippen molar-refractivity contribution < 1.29 is 4.79 Å². The fraction of sp³-hybridized carbons (Fsp3) is 0.200. The average Bonchev–Trinajstić information content (AvgIpc) is 2.18. The number of carbonyl (C=O) groups is 1. The van der Waals surface area contributed by atoms with E-state index in [4.69, 9.17) is 12.2 Å². The number of thiocarbonyl (C=S) groups is 1. The molecule has 0 bridgehead atoms. The lowest BCUT2D eigenvalue weighted by atomic mass is 10.1. The molecule has 0 aromatic heterocycles. The van der Waals surface area contributed by atoms with Crippen LogP contribution >= 0.6 is 12.2 Å². The standard InChI is InChI=1S/C10H12N2OS/c1-7(13)8-3-5-9(6-4-8)12-10(14)11-2/h3-6H,1-2H3,(H2,11,12,14). The molecular weight excluding hydrogens is 196 g/mol. The van der Waals surface area contributed by atoms with E-state index in [2.05, 4.69) is 10.6 Å². The van der Waals surface area contributed by atoms with Crippen LogP contribution in [0.4, 0.5) is 5.69 Å². The minimum atomic E-state index is 0.0627. The molecule has 0 aliphatic rings. The van der Waals surface area contributed by atoms with E-state index in [0.29, 0.717) is 10.7 Å². The quantitative estimate of drug-likeness (QED) is 0.574. The van der Waals surface area contributed by atoms with Gasteiger partial charge >= 0.3 is 0 Å². The van der Waals surface area contributed by atoms with Crippen molar-refractivity contribution in [3.05, 3.63) is 29.8 Å². The van der Waals surface area contributed by atoms with Crippen molar-refractivity contribution in [3.8, 4) is 0 Å². The first-order chi connectivity index (χ1) is 6.63. The summed E-state index contributed by atoms with van der Waals surface area (Å²) in [5, 5.41) is 6.33. The van der Waals surface area contributed by atoms with Crippen LogP contribution in [0.5, 0.6) is 0 Å². The fourth-order valence-electron chi connectivity index (χ4n) is 0.982. The molecule has 1 rings (SSSR count). The molecule has 2 N–H and O–H groups in total. The number of nitrogens with one attached hydrogen (secondary N) is 2. The molecule has 0 saturated heterocycles. The van der Waals surface area contributed by atoms with E-state index in [1.165, 1.54) is 0 Å². The summed E-state index contributed by atoms with van der Waals surface area (Å²) >= 11 is 4.93. The van der Waals surface area contributed by atoms with Gasteiger partial charge in [0.25, 0.3) is 0 Å². The van der Waals surface area contributed by atoms with Gasteiger partial charge in [0.15, 0.2) is 10.9 Å². The zero-order chi connectivity index (χ0) is 10.6.